The minimum absolute atomic E-state index is 0.0268. The van der Waals surface area contributed by atoms with E-state index in [-0.39, 0.29) is 24.0 Å². The van der Waals surface area contributed by atoms with Gasteiger partial charge >= 0.3 is 6.61 Å². The SMILES string of the molecule is CCOc1cc(CN=C(N)Nc2ccc(OC)c(OC)c2)ccc1OC(F)F. The van der Waals surface area contributed by atoms with Crippen LogP contribution in [-0.4, -0.2) is 33.4 Å². The Morgan fingerprint density at radius 1 is 1.04 bits per heavy atom. The summed E-state index contributed by atoms with van der Waals surface area (Å²) in [5, 5.41) is 2.95. The Hall–Kier alpha value is -3.23. The average Bonchev–Trinajstić information content (AvgIpc) is 2.67. The van der Waals surface area contributed by atoms with E-state index >= 15 is 0 Å². The third-order valence-corrected chi connectivity index (χ3v) is 3.61. The molecule has 0 fully saturated rings. The third-order valence-electron chi connectivity index (χ3n) is 3.61. The number of aliphatic imine (C=N–C) groups is 1. The number of halogens is 2. The number of nitrogens with two attached hydrogens (primary N) is 1. The summed E-state index contributed by atoms with van der Waals surface area (Å²) in [5.41, 5.74) is 7.32. The van der Waals surface area contributed by atoms with E-state index in [9.17, 15) is 8.78 Å². The van der Waals surface area contributed by atoms with Crippen molar-refractivity contribution in [1.29, 1.82) is 0 Å². The lowest BCUT2D eigenvalue weighted by Crippen LogP contribution is -2.22. The molecule has 0 saturated heterocycles. The number of ether oxygens (including phenoxy) is 4. The van der Waals surface area contributed by atoms with Crippen LogP contribution in [0.15, 0.2) is 41.4 Å². The summed E-state index contributed by atoms with van der Waals surface area (Å²) in [4.78, 5) is 4.25. The molecule has 7 nitrogen and oxygen atoms in total. The van der Waals surface area contributed by atoms with Crippen molar-refractivity contribution < 1.29 is 27.7 Å². The number of nitrogens with zero attached hydrogens (tertiary/aromatic N) is 1. The lowest BCUT2D eigenvalue weighted by Gasteiger charge is -2.12. The number of benzene rings is 2. The van der Waals surface area contributed by atoms with Crippen molar-refractivity contribution in [1.82, 2.24) is 0 Å². The van der Waals surface area contributed by atoms with E-state index in [4.69, 9.17) is 19.9 Å². The van der Waals surface area contributed by atoms with Crippen molar-refractivity contribution in [3.8, 4) is 23.0 Å². The summed E-state index contributed by atoms with van der Waals surface area (Å²) in [7, 11) is 3.09. The second-order valence-corrected chi connectivity index (χ2v) is 5.49. The predicted molar refractivity (Wildman–Crippen MR) is 103 cm³/mol. The first kappa shape index (κ1) is 21.1. The number of hydrogen-bond acceptors (Lipinski definition) is 5. The van der Waals surface area contributed by atoms with Gasteiger partial charge in [0.25, 0.3) is 0 Å². The monoisotopic (exact) mass is 395 g/mol. The van der Waals surface area contributed by atoms with E-state index in [1.807, 2.05) is 0 Å². The molecule has 152 valence electrons. The molecule has 0 spiro atoms. The van der Waals surface area contributed by atoms with E-state index < -0.39 is 6.61 Å². The zero-order valence-corrected chi connectivity index (χ0v) is 15.9. The fraction of sp³-hybridized carbons (Fsp3) is 0.316. The van der Waals surface area contributed by atoms with Gasteiger partial charge < -0.3 is 30.0 Å². The van der Waals surface area contributed by atoms with Crippen LogP contribution in [0.5, 0.6) is 23.0 Å². The van der Waals surface area contributed by atoms with E-state index in [1.54, 1.807) is 44.4 Å². The van der Waals surface area contributed by atoms with Gasteiger partial charge in [-0.25, -0.2) is 4.99 Å². The number of nitrogens with one attached hydrogen (secondary N) is 1. The van der Waals surface area contributed by atoms with E-state index in [0.29, 0.717) is 23.8 Å². The Bertz CT molecular complexity index is 816. The van der Waals surface area contributed by atoms with Crippen LogP contribution >= 0.6 is 0 Å². The molecule has 0 saturated carbocycles. The van der Waals surface area contributed by atoms with Crippen molar-refractivity contribution in [3.05, 3.63) is 42.0 Å². The number of methoxy groups -OCH3 is 2. The molecule has 0 unspecified atom stereocenters. The van der Waals surface area contributed by atoms with Gasteiger partial charge in [0.1, 0.15) is 0 Å². The first-order valence-corrected chi connectivity index (χ1v) is 8.46. The molecular formula is C19H23F2N3O4. The van der Waals surface area contributed by atoms with Gasteiger partial charge in [-0.1, -0.05) is 6.07 Å². The lowest BCUT2D eigenvalue weighted by molar-refractivity contribution is -0.0514. The second-order valence-electron chi connectivity index (χ2n) is 5.49. The highest BCUT2D eigenvalue weighted by atomic mass is 19.3. The van der Waals surface area contributed by atoms with Gasteiger partial charge in [0.15, 0.2) is 29.0 Å². The first-order valence-electron chi connectivity index (χ1n) is 8.46. The molecule has 2 rings (SSSR count). The maximum atomic E-state index is 12.5. The van der Waals surface area contributed by atoms with Crippen molar-refractivity contribution >= 4 is 11.6 Å². The molecule has 2 aromatic carbocycles. The zero-order chi connectivity index (χ0) is 20.5. The molecule has 0 amide bonds. The van der Waals surface area contributed by atoms with Crippen molar-refractivity contribution in [3.63, 3.8) is 0 Å². The van der Waals surface area contributed by atoms with Crippen LogP contribution in [0.4, 0.5) is 14.5 Å². The van der Waals surface area contributed by atoms with Crippen molar-refractivity contribution in [2.24, 2.45) is 10.7 Å². The van der Waals surface area contributed by atoms with Gasteiger partial charge in [0, 0.05) is 11.8 Å². The highest BCUT2D eigenvalue weighted by Crippen LogP contribution is 2.31. The first-order chi connectivity index (χ1) is 13.5. The number of guanidine groups is 1. The second kappa shape index (κ2) is 10.2. The summed E-state index contributed by atoms with van der Waals surface area (Å²) in [6, 6.07) is 9.87. The van der Waals surface area contributed by atoms with Crippen LogP contribution in [0.3, 0.4) is 0 Å². The smallest absolute Gasteiger partial charge is 0.387 e. The highest BCUT2D eigenvalue weighted by Gasteiger charge is 2.11. The fourth-order valence-corrected chi connectivity index (χ4v) is 2.39. The summed E-state index contributed by atoms with van der Waals surface area (Å²) >= 11 is 0. The molecule has 0 aliphatic rings. The molecular weight excluding hydrogens is 372 g/mol. The Balaban J connectivity index is 2.08. The number of rotatable bonds is 9. The van der Waals surface area contributed by atoms with Gasteiger partial charge in [-0.2, -0.15) is 8.78 Å². The Labute approximate surface area is 162 Å². The quantitative estimate of drug-likeness (QED) is 0.498. The number of anilines is 1. The minimum Gasteiger partial charge on any atom is -0.493 e. The van der Waals surface area contributed by atoms with Gasteiger partial charge in [-0.05, 0) is 36.8 Å². The van der Waals surface area contributed by atoms with Crippen LogP contribution in [-0.2, 0) is 6.54 Å². The topological polar surface area (TPSA) is 87.3 Å². The molecule has 0 bridgehead atoms. The number of hydrogen-bond donors (Lipinski definition) is 2. The van der Waals surface area contributed by atoms with Crippen LogP contribution in [0.1, 0.15) is 12.5 Å². The summed E-state index contributed by atoms with van der Waals surface area (Å²) in [6.45, 7) is -0.636. The maximum Gasteiger partial charge on any atom is 0.387 e. The molecule has 0 atom stereocenters. The molecule has 28 heavy (non-hydrogen) atoms. The predicted octanol–water partition coefficient (Wildman–Crippen LogP) is 3.63. The van der Waals surface area contributed by atoms with Gasteiger partial charge in [0.05, 0.1) is 27.4 Å². The minimum atomic E-state index is -2.93. The largest absolute Gasteiger partial charge is 0.493 e. The maximum absolute atomic E-state index is 12.5. The van der Waals surface area contributed by atoms with Crippen LogP contribution in [0.2, 0.25) is 0 Å². The van der Waals surface area contributed by atoms with E-state index in [2.05, 4.69) is 15.0 Å². The summed E-state index contributed by atoms with van der Waals surface area (Å²) < 4.78 is 45.1. The normalized spacial score (nSPS) is 11.3. The molecule has 0 heterocycles. The van der Waals surface area contributed by atoms with Crippen LogP contribution in [0, 0.1) is 0 Å². The van der Waals surface area contributed by atoms with E-state index in [0.717, 1.165) is 5.56 Å². The average molecular weight is 395 g/mol. The molecule has 9 heteroatoms. The van der Waals surface area contributed by atoms with Gasteiger partial charge in [-0.15, -0.1) is 0 Å². The van der Waals surface area contributed by atoms with Crippen molar-refractivity contribution in [2.45, 2.75) is 20.1 Å². The molecule has 0 radical (unpaired) electrons. The highest BCUT2D eigenvalue weighted by molar-refractivity contribution is 5.92. The Kier molecular flexibility index (Phi) is 7.67. The molecule has 3 N–H and O–H groups in total. The van der Waals surface area contributed by atoms with Crippen LogP contribution in [0.25, 0.3) is 0 Å². The Morgan fingerprint density at radius 3 is 2.39 bits per heavy atom. The number of alkyl halides is 2. The summed E-state index contributed by atoms with van der Waals surface area (Å²) in [5.74, 6) is 1.52. The van der Waals surface area contributed by atoms with Gasteiger partial charge in [0.2, 0.25) is 0 Å². The zero-order valence-electron chi connectivity index (χ0n) is 15.9. The molecule has 0 aliphatic heterocycles. The fourth-order valence-electron chi connectivity index (χ4n) is 2.39. The summed E-state index contributed by atoms with van der Waals surface area (Å²) in [6.07, 6.45) is 0. The van der Waals surface area contributed by atoms with Crippen LogP contribution < -0.4 is 30.0 Å². The van der Waals surface area contributed by atoms with Crippen molar-refractivity contribution in [2.75, 3.05) is 26.1 Å². The standard InChI is InChI=1S/C19H23F2N3O4/c1-4-27-17-9-12(5-7-15(17)28-18(20)21)11-23-19(22)24-13-6-8-14(25-2)16(10-13)26-3/h5-10,18H,4,11H2,1-3H3,(H3,22,23,24). The van der Waals surface area contributed by atoms with E-state index in [1.165, 1.54) is 13.2 Å². The van der Waals surface area contributed by atoms with Gasteiger partial charge in [-0.3, -0.25) is 0 Å². The molecule has 0 aromatic heterocycles. The Morgan fingerprint density at radius 2 is 1.75 bits per heavy atom. The molecule has 2 aromatic rings. The molecule has 0 aliphatic carbocycles. The third kappa shape index (κ3) is 5.90. The lowest BCUT2D eigenvalue weighted by atomic mass is 10.2.